The van der Waals surface area contributed by atoms with E-state index in [0.29, 0.717) is 35.4 Å². The van der Waals surface area contributed by atoms with Crippen LogP contribution >= 0.6 is 11.6 Å². The van der Waals surface area contributed by atoms with Crippen molar-refractivity contribution in [3.8, 4) is 0 Å². The van der Waals surface area contributed by atoms with Crippen molar-refractivity contribution in [2.24, 2.45) is 0 Å². The molecule has 1 saturated carbocycles. The van der Waals surface area contributed by atoms with Crippen molar-refractivity contribution >= 4 is 56.7 Å². The van der Waals surface area contributed by atoms with Gasteiger partial charge >= 0.3 is 0 Å². The van der Waals surface area contributed by atoms with Gasteiger partial charge in [-0.05, 0) is 81.9 Å². The lowest BCUT2D eigenvalue weighted by Gasteiger charge is -2.33. The summed E-state index contributed by atoms with van der Waals surface area (Å²) in [5.41, 5.74) is 4.18. The summed E-state index contributed by atoms with van der Waals surface area (Å²) in [4.78, 5) is 30.1. The molecule has 2 N–H and O–H groups in total. The van der Waals surface area contributed by atoms with Crippen LogP contribution in [0.25, 0.3) is 0 Å². The zero-order chi connectivity index (χ0) is 40.3. The van der Waals surface area contributed by atoms with Gasteiger partial charge in [-0.25, -0.2) is 15.0 Å². The van der Waals surface area contributed by atoms with Gasteiger partial charge in [-0.3, -0.25) is 8.42 Å². The van der Waals surface area contributed by atoms with Crippen LogP contribution in [0.15, 0.2) is 44.7 Å². The minimum absolute atomic E-state index is 0.312. The topological polar surface area (TPSA) is 152 Å². The Labute approximate surface area is 357 Å². The van der Waals surface area contributed by atoms with Crippen LogP contribution in [0.2, 0.25) is 5.02 Å². The number of ether oxygens (including phenoxy) is 1. The molecule has 16 heteroatoms. The lowest BCUT2D eigenvalue weighted by molar-refractivity contribution is 0.0903. The van der Waals surface area contributed by atoms with E-state index in [0.717, 1.165) is 152 Å². The fraction of sp³-hybridized carbons (Fsp3) is 0.605. The van der Waals surface area contributed by atoms with Crippen LogP contribution in [0.5, 0.6) is 0 Å². The summed E-state index contributed by atoms with van der Waals surface area (Å²) in [7, 11) is -1.99. The zero-order valence-corrected chi connectivity index (χ0v) is 36.4. The van der Waals surface area contributed by atoms with E-state index in [-0.39, 0.29) is 0 Å². The Morgan fingerprint density at radius 2 is 1.25 bits per heavy atom. The quantitative estimate of drug-likeness (QED) is 0.182. The number of nitrogens with one attached hydrogen (secondary N) is 2. The van der Waals surface area contributed by atoms with Gasteiger partial charge in [0.25, 0.3) is 0 Å². The van der Waals surface area contributed by atoms with Crippen LogP contribution in [0.3, 0.4) is 0 Å². The number of anilines is 4. The van der Waals surface area contributed by atoms with E-state index in [1.165, 1.54) is 37.7 Å². The minimum Gasteiger partial charge on any atom is -0.448 e. The van der Waals surface area contributed by atoms with Crippen molar-refractivity contribution < 1.29 is 17.6 Å². The lowest BCUT2D eigenvalue weighted by Crippen LogP contribution is -2.35. The van der Waals surface area contributed by atoms with E-state index in [4.69, 9.17) is 40.7 Å². The molecule has 1 aromatic carbocycles. The molecular formula is C43H56ClN9O4S2. The van der Waals surface area contributed by atoms with Gasteiger partial charge in [-0.1, -0.05) is 43.0 Å². The highest BCUT2D eigenvalue weighted by Gasteiger charge is 2.32. The molecule has 10 rings (SSSR count). The van der Waals surface area contributed by atoms with Crippen molar-refractivity contribution in [1.82, 2.24) is 24.9 Å². The summed E-state index contributed by atoms with van der Waals surface area (Å²) in [6.07, 6.45) is 15.4. The van der Waals surface area contributed by atoms with E-state index in [2.05, 4.69) is 37.6 Å². The third-order valence-corrected chi connectivity index (χ3v) is 15.9. The van der Waals surface area contributed by atoms with E-state index < -0.39 is 21.6 Å². The van der Waals surface area contributed by atoms with Crippen molar-refractivity contribution in [3.63, 3.8) is 0 Å². The van der Waals surface area contributed by atoms with Gasteiger partial charge < -0.3 is 29.6 Å². The normalized spacial score (nSPS) is 23.1. The molecule has 5 aliphatic heterocycles. The number of nitrogens with zero attached hydrogens (tertiary/aromatic N) is 7. The average Bonchev–Trinajstić information content (AvgIpc) is 3.99. The summed E-state index contributed by atoms with van der Waals surface area (Å²) in [5, 5.41) is 8.01. The molecule has 2 unspecified atom stereocenters. The standard InChI is InChI=1S/C23H29ClN4OS.C20H27N5O3S/c24-18-6-4-5-17(15-18)16-9-12-28(13-10-16)23-26-20-11-14-30(29)21(20)22(27-23)25-19-7-2-1-3-8-19;1-13-12-28-19(21-13)14-2-7-25(8-3-14)20-23-16-6-11-29(26)17(16)18(24-20)22-15-4-9-27-10-5-15/h4-6,15-16,19H,1-3,7-14H2,(H,25,26,27);12,14-15H,2-11H2,1H3,(H,22,23,24). The zero-order valence-electron chi connectivity index (χ0n) is 34.0. The number of benzene rings is 1. The first kappa shape index (κ1) is 40.7. The molecule has 0 amide bonds. The Kier molecular flexibility index (Phi) is 12.8. The first-order chi connectivity index (χ1) is 28.8. The molecular weight excluding hydrogens is 806 g/mol. The van der Waals surface area contributed by atoms with Gasteiger partial charge in [0.2, 0.25) is 11.9 Å². The molecule has 0 radical (unpaired) electrons. The van der Waals surface area contributed by atoms with Crippen LogP contribution < -0.4 is 20.4 Å². The summed E-state index contributed by atoms with van der Waals surface area (Å²) >= 11 is 6.19. The van der Waals surface area contributed by atoms with E-state index >= 15 is 0 Å². The third kappa shape index (κ3) is 9.48. The summed E-state index contributed by atoms with van der Waals surface area (Å²) in [5.74, 6) is 6.17. The maximum absolute atomic E-state index is 12.6. The number of aryl methyl sites for hydroxylation is 3. The molecule has 0 bridgehead atoms. The Morgan fingerprint density at radius 1 is 0.695 bits per heavy atom. The van der Waals surface area contributed by atoms with Gasteiger partial charge in [0.15, 0.2) is 5.89 Å². The first-order valence-electron chi connectivity index (χ1n) is 21.7. The van der Waals surface area contributed by atoms with Crippen LogP contribution in [0, 0.1) is 6.92 Å². The summed E-state index contributed by atoms with van der Waals surface area (Å²) in [6.45, 7) is 7.07. The molecule has 59 heavy (non-hydrogen) atoms. The van der Waals surface area contributed by atoms with Crippen molar-refractivity contribution in [2.75, 3.05) is 71.3 Å². The van der Waals surface area contributed by atoms with Crippen LogP contribution in [0.1, 0.15) is 111 Å². The minimum atomic E-state index is -1.01. The Balaban J connectivity index is 0.000000152. The molecule has 316 valence electrons. The second-order valence-corrected chi connectivity index (χ2v) is 20.3. The molecule has 1 aliphatic carbocycles. The number of aromatic nitrogens is 5. The van der Waals surface area contributed by atoms with Gasteiger partial charge in [0.05, 0.1) is 38.7 Å². The molecule has 0 spiro atoms. The fourth-order valence-corrected chi connectivity index (χ4v) is 12.2. The molecule has 3 aromatic heterocycles. The molecule has 3 saturated heterocycles. The van der Waals surface area contributed by atoms with Gasteiger partial charge in [-0.15, -0.1) is 0 Å². The molecule has 4 fully saturated rings. The van der Waals surface area contributed by atoms with Crippen molar-refractivity contribution in [1.29, 1.82) is 0 Å². The highest BCUT2D eigenvalue weighted by molar-refractivity contribution is 7.85. The van der Waals surface area contributed by atoms with Crippen molar-refractivity contribution in [2.45, 2.75) is 124 Å². The Morgan fingerprint density at radius 3 is 1.80 bits per heavy atom. The number of hydrogen-bond acceptors (Lipinski definition) is 13. The highest BCUT2D eigenvalue weighted by Crippen LogP contribution is 2.36. The maximum atomic E-state index is 12.6. The second kappa shape index (κ2) is 18.5. The number of piperidine rings is 2. The molecule has 2 atom stereocenters. The number of halogens is 1. The van der Waals surface area contributed by atoms with Gasteiger partial charge in [-0.2, -0.15) is 9.97 Å². The predicted molar refractivity (Wildman–Crippen MR) is 233 cm³/mol. The summed E-state index contributed by atoms with van der Waals surface area (Å²) in [6, 6.07) is 9.00. The van der Waals surface area contributed by atoms with E-state index in [1.54, 1.807) is 6.26 Å². The summed E-state index contributed by atoms with van der Waals surface area (Å²) < 4.78 is 36.2. The SMILES string of the molecule is Cc1coc(C2CCN(c3nc4c(c(NC5CCOCC5)n3)S(=O)CC4)CC2)n1.O=S1CCc2nc(N3CCC(c4cccc(Cl)c4)CC3)nc(NC3CCCCC3)c21. The third-order valence-electron chi connectivity index (χ3n) is 12.7. The molecule has 4 aromatic rings. The fourth-order valence-electron chi connectivity index (χ4n) is 9.38. The number of rotatable bonds is 8. The van der Waals surface area contributed by atoms with E-state index in [9.17, 15) is 8.42 Å². The first-order valence-corrected chi connectivity index (χ1v) is 24.7. The average molecular weight is 863 g/mol. The Bertz CT molecular complexity index is 2140. The monoisotopic (exact) mass is 861 g/mol. The largest absolute Gasteiger partial charge is 0.448 e. The van der Waals surface area contributed by atoms with Crippen molar-refractivity contribution in [3.05, 3.63) is 64.1 Å². The lowest BCUT2D eigenvalue weighted by atomic mass is 9.89. The van der Waals surface area contributed by atoms with Crippen LogP contribution in [-0.4, -0.2) is 96.3 Å². The van der Waals surface area contributed by atoms with E-state index in [1.807, 2.05) is 19.1 Å². The maximum Gasteiger partial charge on any atom is 0.227 e. The highest BCUT2D eigenvalue weighted by atomic mass is 35.5. The predicted octanol–water partition coefficient (Wildman–Crippen LogP) is 7.33. The van der Waals surface area contributed by atoms with Gasteiger partial charge in [0, 0.05) is 86.8 Å². The number of fused-ring (bicyclic) bond motifs is 2. The van der Waals surface area contributed by atoms with Crippen LogP contribution in [0.4, 0.5) is 23.5 Å². The van der Waals surface area contributed by atoms with Crippen LogP contribution in [-0.2, 0) is 39.2 Å². The smallest absolute Gasteiger partial charge is 0.227 e. The molecule has 6 aliphatic rings. The Hall–Kier alpha value is -3.66. The second-order valence-electron chi connectivity index (χ2n) is 16.8. The van der Waals surface area contributed by atoms with Gasteiger partial charge in [0.1, 0.15) is 27.7 Å². The molecule has 8 heterocycles. The molecule has 13 nitrogen and oxygen atoms in total. The number of oxazole rings is 1. The number of hydrogen-bond donors (Lipinski definition) is 2.